The third kappa shape index (κ3) is 5.15. The largest absolute Gasteiger partial charge is 0.417 e. The molecule has 2 aromatic rings. The highest BCUT2D eigenvalue weighted by atomic mass is 32.2. The molecule has 1 heterocycles. The highest BCUT2D eigenvalue weighted by Crippen LogP contribution is 2.35. The number of halogens is 4. The molecule has 0 radical (unpaired) electrons. The first-order valence-corrected chi connectivity index (χ1v) is 10.5. The lowest BCUT2D eigenvalue weighted by Crippen LogP contribution is -2.50. The Balaban J connectivity index is 1.61. The van der Waals surface area contributed by atoms with E-state index in [1.165, 1.54) is 30.3 Å². The molecule has 0 aliphatic carbocycles. The van der Waals surface area contributed by atoms with E-state index in [9.17, 15) is 30.8 Å². The molecule has 0 unspecified atom stereocenters. The number of alkyl halides is 3. The molecule has 2 aromatic carbocycles. The summed E-state index contributed by atoms with van der Waals surface area (Å²) < 4.78 is 79.0. The van der Waals surface area contributed by atoms with Crippen LogP contribution < -0.4 is 5.32 Å². The molecule has 1 aliphatic rings. The predicted molar refractivity (Wildman–Crippen MR) is 102 cm³/mol. The summed E-state index contributed by atoms with van der Waals surface area (Å²) in [5, 5.41) is 2.60. The zero-order valence-corrected chi connectivity index (χ0v) is 16.5. The molecule has 0 bridgehead atoms. The minimum Gasteiger partial charge on any atom is -0.325 e. The van der Waals surface area contributed by atoms with Gasteiger partial charge in [0.2, 0.25) is 15.9 Å². The Bertz CT molecular complexity index is 1000. The molecule has 1 amide bonds. The molecule has 1 N–H and O–H groups in total. The summed E-state index contributed by atoms with van der Waals surface area (Å²) in [5.41, 5.74) is -0.780. The SMILES string of the molecule is O=C(CN1CCN(S(=O)(=O)c2ccccc2C(F)(F)F)CC1)Nc1ccc(F)cc1. The van der Waals surface area contributed by atoms with E-state index in [0.717, 1.165) is 22.5 Å². The third-order valence-corrected chi connectivity index (χ3v) is 6.59. The van der Waals surface area contributed by atoms with Crippen LogP contribution in [-0.2, 0) is 21.0 Å². The number of rotatable bonds is 5. The molecule has 0 spiro atoms. The number of amides is 1. The number of piperazine rings is 1. The Labute approximate surface area is 171 Å². The van der Waals surface area contributed by atoms with Crippen LogP contribution in [0.5, 0.6) is 0 Å². The lowest BCUT2D eigenvalue weighted by molar-refractivity contribution is -0.140. The number of carbonyl (C=O) groups is 1. The van der Waals surface area contributed by atoms with Crippen LogP contribution in [-0.4, -0.2) is 56.3 Å². The number of nitrogens with zero attached hydrogens (tertiary/aromatic N) is 2. The summed E-state index contributed by atoms with van der Waals surface area (Å²) in [7, 11) is -4.33. The van der Waals surface area contributed by atoms with Crippen molar-refractivity contribution in [3.8, 4) is 0 Å². The van der Waals surface area contributed by atoms with E-state index in [2.05, 4.69) is 5.32 Å². The Kier molecular flexibility index (Phi) is 6.44. The van der Waals surface area contributed by atoms with Crippen molar-refractivity contribution < 1.29 is 30.8 Å². The number of carbonyl (C=O) groups excluding carboxylic acids is 1. The first kappa shape index (κ1) is 22.2. The number of anilines is 1. The van der Waals surface area contributed by atoms with Gasteiger partial charge in [0.1, 0.15) is 5.82 Å². The smallest absolute Gasteiger partial charge is 0.325 e. The monoisotopic (exact) mass is 445 g/mol. The second kappa shape index (κ2) is 8.70. The molecule has 3 rings (SSSR count). The predicted octanol–water partition coefficient (Wildman–Crippen LogP) is 2.79. The quantitative estimate of drug-likeness (QED) is 0.719. The fraction of sp³-hybridized carbons (Fsp3) is 0.316. The second-order valence-electron chi connectivity index (χ2n) is 6.73. The number of nitrogens with one attached hydrogen (secondary N) is 1. The Morgan fingerprint density at radius 3 is 2.17 bits per heavy atom. The number of hydrogen-bond donors (Lipinski definition) is 1. The van der Waals surface area contributed by atoms with Crippen LogP contribution in [0, 0.1) is 5.82 Å². The first-order valence-electron chi connectivity index (χ1n) is 9.01. The van der Waals surface area contributed by atoms with Crippen LogP contribution in [0.1, 0.15) is 5.56 Å². The van der Waals surface area contributed by atoms with Crippen molar-refractivity contribution in [2.45, 2.75) is 11.1 Å². The van der Waals surface area contributed by atoms with Gasteiger partial charge in [0.25, 0.3) is 0 Å². The summed E-state index contributed by atoms with van der Waals surface area (Å²) in [5.74, 6) is -0.794. The molecule has 1 aliphatic heterocycles. The highest BCUT2D eigenvalue weighted by molar-refractivity contribution is 7.89. The van der Waals surface area contributed by atoms with Crippen LogP contribution >= 0.6 is 0 Å². The van der Waals surface area contributed by atoms with Crippen LogP contribution in [0.2, 0.25) is 0 Å². The van der Waals surface area contributed by atoms with E-state index < -0.39 is 32.5 Å². The molecule has 6 nitrogen and oxygen atoms in total. The van der Waals surface area contributed by atoms with Crippen molar-refractivity contribution >= 4 is 21.6 Å². The van der Waals surface area contributed by atoms with Gasteiger partial charge in [-0.3, -0.25) is 9.69 Å². The van der Waals surface area contributed by atoms with Crippen LogP contribution in [0.3, 0.4) is 0 Å². The topological polar surface area (TPSA) is 69.7 Å². The number of hydrogen-bond acceptors (Lipinski definition) is 4. The third-order valence-electron chi connectivity index (χ3n) is 4.64. The zero-order chi connectivity index (χ0) is 21.9. The van der Waals surface area contributed by atoms with E-state index in [4.69, 9.17) is 0 Å². The zero-order valence-electron chi connectivity index (χ0n) is 15.7. The molecular weight excluding hydrogens is 426 g/mol. The van der Waals surface area contributed by atoms with Crippen molar-refractivity contribution in [3.05, 3.63) is 59.9 Å². The molecule has 0 aromatic heterocycles. The molecule has 1 saturated heterocycles. The first-order chi connectivity index (χ1) is 14.1. The maximum Gasteiger partial charge on any atom is 0.417 e. The van der Waals surface area contributed by atoms with Gasteiger partial charge in [-0.1, -0.05) is 12.1 Å². The number of sulfonamides is 1. The molecule has 30 heavy (non-hydrogen) atoms. The Hall–Kier alpha value is -2.50. The van der Waals surface area contributed by atoms with Crippen molar-refractivity contribution in [2.24, 2.45) is 0 Å². The van der Waals surface area contributed by atoms with E-state index in [-0.39, 0.29) is 38.6 Å². The van der Waals surface area contributed by atoms with Gasteiger partial charge in [-0.25, -0.2) is 12.8 Å². The molecular formula is C19H19F4N3O3S. The Morgan fingerprint density at radius 2 is 1.57 bits per heavy atom. The van der Waals surface area contributed by atoms with E-state index in [1.54, 1.807) is 4.90 Å². The molecule has 0 saturated carbocycles. The van der Waals surface area contributed by atoms with Crippen molar-refractivity contribution in [3.63, 3.8) is 0 Å². The number of benzene rings is 2. The lowest BCUT2D eigenvalue weighted by atomic mass is 10.2. The molecule has 11 heteroatoms. The summed E-state index contributed by atoms with van der Waals surface area (Å²) in [6, 6.07) is 9.31. The Morgan fingerprint density at radius 1 is 0.967 bits per heavy atom. The minimum absolute atomic E-state index is 0.0234. The molecule has 1 fully saturated rings. The summed E-state index contributed by atoms with van der Waals surface area (Å²) in [4.78, 5) is 13.0. The van der Waals surface area contributed by atoms with Crippen molar-refractivity contribution in [2.75, 3.05) is 38.0 Å². The second-order valence-corrected chi connectivity index (χ2v) is 8.64. The fourth-order valence-electron chi connectivity index (χ4n) is 3.13. The maximum atomic E-state index is 13.2. The highest BCUT2D eigenvalue weighted by Gasteiger charge is 2.39. The summed E-state index contributed by atoms with van der Waals surface area (Å²) in [6.45, 7) is 0.260. The van der Waals surface area contributed by atoms with Gasteiger partial charge in [-0.15, -0.1) is 0 Å². The van der Waals surface area contributed by atoms with Crippen molar-refractivity contribution in [1.82, 2.24) is 9.21 Å². The van der Waals surface area contributed by atoms with Gasteiger partial charge < -0.3 is 5.32 Å². The summed E-state index contributed by atoms with van der Waals surface area (Å²) >= 11 is 0. The molecule has 0 atom stereocenters. The average Bonchev–Trinajstić information content (AvgIpc) is 2.69. The minimum atomic E-state index is -4.79. The van der Waals surface area contributed by atoms with E-state index in [1.807, 2.05) is 0 Å². The van der Waals surface area contributed by atoms with Gasteiger partial charge in [-0.2, -0.15) is 17.5 Å². The lowest BCUT2D eigenvalue weighted by Gasteiger charge is -2.34. The van der Waals surface area contributed by atoms with Crippen LogP contribution in [0.4, 0.5) is 23.2 Å². The van der Waals surface area contributed by atoms with Gasteiger partial charge in [0.15, 0.2) is 0 Å². The van der Waals surface area contributed by atoms with Crippen LogP contribution in [0.15, 0.2) is 53.4 Å². The molecule has 162 valence electrons. The van der Waals surface area contributed by atoms with Gasteiger partial charge >= 0.3 is 6.18 Å². The average molecular weight is 445 g/mol. The van der Waals surface area contributed by atoms with Crippen molar-refractivity contribution in [1.29, 1.82) is 0 Å². The van der Waals surface area contributed by atoms with Gasteiger partial charge in [0, 0.05) is 31.9 Å². The normalized spacial score (nSPS) is 16.4. The van der Waals surface area contributed by atoms with E-state index in [0.29, 0.717) is 5.69 Å². The maximum absolute atomic E-state index is 13.2. The fourth-order valence-corrected chi connectivity index (χ4v) is 4.76. The van der Waals surface area contributed by atoms with Gasteiger partial charge in [-0.05, 0) is 36.4 Å². The van der Waals surface area contributed by atoms with Gasteiger partial charge in [0.05, 0.1) is 17.0 Å². The summed E-state index contributed by atoms with van der Waals surface area (Å²) in [6.07, 6.45) is -4.79. The van der Waals surface area contributed by atoms with E-state index >= 15 is 0 Å². The van der Waals surface area contributed by atoms with Crippen LogP contribution in [0.25, 0.3) is 0 Å². The standard InChI is InChI=1S/C19H19F4N3O3S/c20-14-5-7-15(8-6-14)24-18(27)13-25-9-11-26(12-10-25)30(28,29)17-4-2-1-3-16(17)19(21,22)23/h1-8H,9-13H2,(H,24,27).